The molecule has 1 aliphatic heterocycles. The van der Waals surface area contributed by atoms with E-state index in [9.17, 15) is 13.6 Å². The molecule has 0 radical (unpaired) electrons. The van der Waals surface area contributed by atoms with Crippen LogP contribution >= 0.6 is 0 Å². The maximum atomic E-state index is 13.3. The van der Waals surface area contributed by atoms with E-state index in [0.29, 0.717) is 13.1 Å². The molecule has 0 saturated carbocycles. The number of carbonyl (C=O) groups is 1. The highest BCUT2D eigenvalue weighted by molar-refractivity contribution is 5.94. The fraction of sp³-hybridized carbons (Fsp3) is 0.333. The molecule has 1 amide bonds. The van der Waals surface area contributed by atoms with Crippen LogP contribution in [0, 0.1) is 11.6 Å². The minimum Gasteiger partial charge on any atom is -0.334 e. The van der Waals surface area contributed by atoms with Gasteiger partial charge < -0.3 is 4.90 Å². The third kappa shape index (κ3) is 2.66. The molecular formula is C15H15F2N3O. The number of hydrogen-bond donors (Lipinski definition) is 0. The molecule has 0 saturated heterocycles. The normalized spacial score (nSPS) is 14.7. The van der Waals surface area contributed by atoms with Gasteiger partial charge in [0, 0.05) is 43.0 Å². The van der Waals surface area contributed by atoms with E-state index in [1.165, 1.54) is 0 Å². The Kier molecular flexibility index (Phi) is 3.45. The fourth-order valence-corrected chi connectivity index (χ4v) is 2.72. The average Bonchev–Trinajstić information content (AvgIpc) is 2.66. The lowest BCUT2D eigenvalue weighted by Crippen LogP contribution is -2.30. The Morgan fingerprint density at radius 1 is 1.24 bits per heavy atom. The summed E-state index contributed by atoms with van der Waals surface area (Å²) in [6.07, 6.45) is 3.39. The van der Waals surface area contributed by atoms with Crippen LogP contribution < -0.4 is 0 Å². The van der Waals surface area contributed by atoms with Crippen molar-refractivity contribution in [3.05, 3.63) is 52.9 Å². The van der Waals surface area contributed by atoms with E-state index in [2.05, 4.69) is 5.10 Å². The highest BCUT2D eigenvalue weighted by atomic mass is 19.1. The molecule has 110 valence electrons. The highest BCUT2D eigenvalue weighted by Gasteiger charge is 2.23. The molecule has 1 aromatic heterocycles. The van der Waals surface area contributed by atoms with Gasteiger partial charge in [-0.05, 0) is 25.0 Å². The van der Waals surface area contributed by atoms with Gasteiger partial charge in [-0.15, -0.1) is 0 Å². The molecule has 3 rings (SSSR count). The Balaban J connectivity index is 1.88. The number of hydrogen-bond acceptors (Lipinski definition) is 2. The van der Waals surface area contributed by atoms with Crippen LogP contribution in [0.2, 0.25) is 0 Å². The molecule has 2 heterocycles. The van der Waals surface area contributed by atoms with Crippen molar-refractivity contribution in [2.24, 2.45) is 7.05 Å². The number of aryl methyl sites for hydroxylation is 1. The molecule has 1 aliphatic rings. The van der Waals surface area contributed by atoms with Crippen molar-refractivity contribution in [1.29, 1.82) is 0 Å². The maximum Gasteiger partial charge on any atom is 0.254 e. The van der Waals surface area contributed by atoms with E-state index in [1.54, 1.807) is 11.1 Å². The van der Waals surface area contributed by atoms with Crippen LogP contribution in [0.5, 0.6) is 0 Å². The van der Waals surface area contributed by atoms with Gasteiger partial charge in [-0.25, -0.2) is 8.78 Å². The summed E-state index contributed by atoms with van der Waals surface area (Å²) < 4.78 is 28.3. The van der Waals surface area contributed by atoms with E-state index in [0.717, 1.165) is 42.3 Å². The monoisotopic (exact) mass is 291 g/mol. The van der Waals surface area contributed by atoms with Gasteiger partial charge >= 0.3 is 0 Å². The first kappa shape index (κ1) is 13.7. The summed E-state index contributed by atoms with van der Waals surface area (Å²) in [6, 6.07) is 2.90. The van der Waals surface area contributed by atoms with Crippen LogP contribution in [0.25, 0.3) is 0 Å². The first-order chi connectivity index (χ1) is 10.0. The molecule has 0 aliphatic carbocycles. The van der Waals surface area contributed by atoms with Gasteiger partial charge in [0.2, 0.25) is 0 Å². The van der Waals surface area contributed by atoms with Gasteiger partial charge in [-0.1, -0.05) is 0 Å². The summed E-state index contributed by atoms with van der Waals surface area (Å²) in [4.78, 5) is 14.1. The van der Waals surface area contributed by atoms with Crippen LogP contribution in [0.1, 0.15) is 28.0 Å². The second-order valence-electron chi connectivity index (χ2n) is 5.23. The molecule has 6 heteroatoms. The molecule has 2 aromatic rings. The third-order valence-electron chi connectivity index (χ3n) is 3.75. The Morgan fingerprint density at radius 3 is 2.67 bits per heavy atom. The number of fused-ring (bicyclic) bond motifs is 1. The van der Waals surface area contributed by atoms with Crippen molar-refractivity contribution in [2.75, 3.05) is 6.54 Å². The summed E-state index contributed by atoms with van der Waals surface area (Å²) in [7, 11) is 1.87. The Morgan fingerprint density at radius 2 is 1.95 bits per heavy atom. The van der Waals surface area contributed by atoms with Crippen LogP contribution in [-0.2, 0) is 20.0 Å². The quantitative estimate of drug-likeness (QED) is 0.808. The number of amides is 1. The Labute approximate surface area is 121 Å². The van der Waals surface area contributed by atoms with Crippen molar-refractivity contribution in [3.8, 4) is 0 Å². The molecule has 0 fully saturated rings. The zero-order valence-corrected chi connectivity index (χ0v) is 11.6. The lowest BCUT2D eigenvalue weighted by Gasteiger charge is -2.20. The van der Waals surface area contributed by atoms with Crippen molar-refractivity contribution < 1.29 is 13.6 Å². The highest BCUT2D eigenvalue weighted by Crippen LogP contribution is 2.20. The van der Waals surface area contributed by atoms with Crippen molar-refractivity contribution >= 4 is 5.91 Å². The van der Waals surface area contributed by atoms with Gasteiger partial charge in [0.05, 0.1) is 6.20 Å². The van der Waals surface area contributed by atoms with Gasteiger partial charge in [0.1, 0.15) is 11.6 Å². The van der Waals surface area contributed by atoms with Crippen LogP contribution in [-0.4, -0.2) is 27.1 Å². The third-order valence-corrected chi connectivity index (χ3v) is 3.75. The number of halogens is 2. The van der Waals surface area contributed by atoms with Crippen LogP contribution in [0.15, 0.2) is 24.4 Å². The smallest absolute Gasteiger partial charge is 0.254 e. The van der Waals surface area contributed by atoms with Crippen molar-refractivity contribution in [3.63, 3.8) is 0 Å². The second-order valence-corrected chi connectivity index (χ2v) is 5.23. The largest absolute Gasteiger partial charge is 0.334 e. The number of aromatic nitrogens is 2. The van der Waals surface area contributed by atoms with Gasteiger partial charge in [0.25, 0.3) is 5.91 Å². The summed E-state index contributed by atoms with van der Waals surface area (Å²) in [5.74, 6) is -1.84. The first-order valence-corrected chi connectivity index (χ1v) is 6.80. The standard InChI is InChI=1S/C15H15F2N3O/c1-19-14-3-2-4-20(9-11(14)8-18-19)15(21)10-5-12(16)7-13(17)6-10/h5-8H,2-4,9H2,1H3. The van der Waals surface area contributed by atoms with E-state index >= 15 is 0 Å². The lowest BCUT2D eigenvalue weighted by atomic mass is 10.1. The SMILES string of the molecule is Cn1ncc2c1CCCN(C(=O)c1cc(F)cc(F)c1)C2. The topological polar surface area (TPSA) is 38.1 Å². The minimum atomic E-state index is -0.741. The van der Waals surface area contributed by atoms with Crippen LogP contribution in [0.3, 0.4) is 0 Å². The maximum absolute atomic E-state index is 13.3. The predicted octanol–water partition coefficient (Wildman–Crippen LogP) is 2.29. The Bertz CT molecular complexity index is 676. The second kappa shape index (κ2) is 5.27. The van der Waals surface area contributed by atoms with Crippen molar-refractivity contribution in [2.45, 2.75) is 19.4 Å². The summed E-state index contributed by atoms with van der Waals surface area (Å²) in [5.41, 5.74) is 2.13. The molecule has 0 spiro atoms. The minimum absolute atomic E-state index is 0.0415. The number of rotatable bonds is 1. The molecule has 1 aromatic carbocycles. The molecule has 0 bridgehead atoms. The van der Waals surface area contributed by atoms with E-state index in [4.69, 9.17) is 0 Å². The molecular weight excluding hydrogens is 276 g/mol. The number of benzene rings is 1. The zero-order chi connectivity index (χ0) is 15.0. The summed E-state index contributed by atoms with van der Waals surface area (Å²) >= 11 is 0. The Hall–Kier alpha value is -2.24. The number of nitrogens with zero attached hydrogens (tertiary/aromatic N) is 3. The molecule has 0 N–H and O–H groups in total. The summed E-state index contributed by atoms with van der Waals surface area (Å²) in [5, 5.41) is 4.19. The molecule has 0 atom stereocenters. The van der Waals surface area contributed by atoms with E-state index in [-0.39, 0.29) is 11.5 Å². The lowest BCUT2D eigenvalue weighted by molar-refractivity contribution is 0.0745. The average molecular weight is 291 g/mol. The molecule has 21 heavy (non-hydrogen) atoms. The van der Waals surface area contributed by atoms with Gasteiger partial charge in [0.15, 0.2) is 0 Å². The zero-order valence-electron chi connectivity index (χ0n) is 11.6. The van der Waals surface area contributed by atoms with Crippen LogP contribution in [0.4, 0.5) is 8.78 Å². The summed E-state index contributed by atoms with van der Waals surface area (Å²) in [6.45, 7) is 0.978. The first-order valence-electron chi connectivity index (χ1n) is 6.80. The van der Waals surface area contributed by atoms with Crippen molar-refractivity contribution in [1.82, 2.24) is 14.7 Å². The fourth-order valence-electron chi connectivity index (χ4n) is 2.72. The molecule has 0 unspecified atom stereocenters. The number of carbonyl (C=O) groups excluding carboxylic acids is 1. The van der Waals surface area contributed by atoms with E-state index in [1.807, 2.05) is 11.7 Å². The van der Waals surface area contributed by atoms with E-state index < -0.39 is 11.6 Å². The van der Waals surface area contributed by atoms with Gasteiger partial charge in [-0.2, -0.15) is 5.10 Å². The molecule has 4 nitrogen and oxygen atoms in total. The van der Waals surface area contributed by atoms with Gasteiger partial charge in [-0.3, -0.25) is 9.48 Å². The predicted molar refractivity (Wildman–Crippen MR) is 72.6 cm³/mol.